The minimum atomic E-state index is -0.919. The number of carbonyl (C=O) groups is 3. The van der Waals surface area contributed by atoms with Gasteiger partial charge in [0.05, 0.1) is 18.3 Å². The van der Waals surface area contributed by atoms with Crippen molar-refractivity contribution >= 4 is 17.7 Å². The number of rotatable bonds is 20. The third-order valence-corrected chi connectivity index (χ3v) is 7.41. The lowest BCUT2D eigenvalue weighted by atomic mass is 9.83. The zero-order chi connectivity index (χ0) is 30.9. The second-order valence-electron chi connectivity index (χ2n) is 11.4. The molecule has 0 aromatic heterocycles. The van der Waals surface area contributed by atoms with Crippen LogP contribution in [0.3, 0.4) is 0 Å². The molecule has 0 saturated heterocycles. The highest BCUT2D eigenvalue weighted by molar-refractivity contribution is 5.96. The van der Waals surface area contributed by atoms with Gasteiger partial charge in [0.1, 0.15) is 11.8 Å². The van der Waals surface area contributed by atoms with E-state index in [9.17, 15) is 19.5 Å². The van der Waals surface area contributed by atoms with Crippen LogP contribution in [0.4, 0.5) is 0 Å². The van der Waals surface area contributed by atoms with E-state index in [4.69, 9.17) is 15.2 Å². The molecular weight excluding hydrogens is 524 g/mol. The van der Waals surface area contributed by atoms with Gasteiger partial charge in [-0.1, -0.05) is 39.8 Å². The fourth-order valence-corrected chi connectivity index (χ4v) is 4.56. The van der Waals surface area contributed by atoms with Gasteiger partial charge in [0, 0.05) is 38.8 Å². The van der Waals surface area contributed by atoms with Gasteiger partial charge in [0.25, 0.3) is 5.91 Å². The largest absolute Gasteiger partial charge is 0.493 e. The molecular formula is C31H54N4O6. The van der Waals surface area contributed by atoms with Crippen LogP contribution in [-0.4, -0.2) is 74.4 Å². The van der Waals surface area contributed by atoms with Crippen LogP contribution >= 0.6 is 0 Å². The molecule has 0 fully saturated rings. The summed E-state index contributed by atoms with van der Waals surface area (Å²) in [6.45, 7) is 13.4. The first-order chi connectivity index (χ1) is 19.4. The lowest BCUT2D eigenvalue weighted by Gasteiger charge is -2.30. The van der Waals surface area contributed by atoms with Crippen molar-refractivity contribution in [3.05, 3.63) is 29.8 Å². The molecule has 1 aromatic carbocycles. The Morgan fingerprint density at radius 3 is 2.20 bits per heavy atom. The predicted octanol–water partition coefficient (Wildman–Crippen LogP) is 2.88. The number of hydrogen-bond donors (Lipinski definition) is 5. The number of unbranched alkanes of at least 4 members (excludes halogenated alkanes) is 1. The van der Waals surface area contributed by atoms with Crippen molar-refractivity contribution < 1.29 is 29.0 Å². The maximum atomic E-state index is 13.1. The standard InChI is InChI=1S/C31H54N4O6/c1-8-33-29(37)22(6)35-31(39)25(21(4)5)18-27(36)26(32)17-23(20(2)3)19-34-30(38)24-13-9-10-14-28(24)41-16-12-11-15-40-7/h9-10,13-14,20-23,25-27,36H,8,11-12,15-19,32H2,1-7H3,(H,33,37)(H,34,38)(H,35,39). The molecule has 5 atom stereocenters. The number of aliphatic hydroxyl groups excluding tert-OH is 1. The Bertz CT molecular complexity index is 926. The van der Waals surface area contributed by atoms with Crippen LogP contribution in [0.2, 0.25) is 0 Å². The second kappa shape index (κ2) is 19.4. The van der Waals surface area contributed by atoms with Crippen LogP contribution in [0.1, 0.15) is 77.6 Å². The summed E-state index contributed by atoms with van der Waals surface area (Å²) in [4.78, 5) is 38.0. The molecule has 0 heterocycles. The summed E-state index contributed by atoms with van der Waals surface area (Å²) in [6.07, 6.45) is 1.44. The fourth-order valence-electron chi connectivity index (χ4n) is 4.56. The van der Waals surface area contributed by atoms with Crippen molar-refractivity contribution in [3.63, 3.8) is 0 Å². The number of hydrogen-bond acceptors (Lipinski definition) is 7. The number of carbonyl (C=O) groups excluding carboxylic acids is 3. The van der Waals surface area contributed by atoms with E-state index >= 15 is 0 Å². The van der Waals surface area contributed by atoms with Gasteiger partial charge >= 0.3 is 0 Å². The van der Waals surface area contributed by atoms with E-state index in [1.54, 1.807) is 32.2 Å². The Hall–Kier alpha value is -2.69. The van der Waals surface area contributed by atoms with E-state index in [0.717, 1.165) is 12.8 Å². The van der Waals surface area contributed by atoms with Crippen LogP contribution in [0, 0.1) is 23.7 Å². The number of para-hydroxylation sites is 1. The average molecular weight is 579 g/mol. The van der Waals surface area contributed by atoms with Crippen LogP contribution in [-0.2, 0) is 14.3 Å². The molecule has 0 spiro atoms. The smallest absolute Gasteiger partial charge is 0.255 e. The van der Waals surface area contributed by atoms with E-state index in [1.165, 1.54) is 0 Å². The summed E-state index contributed by atoms with van der Waals surface area (Å²) < 4.78 is 10.9. The summed E-state index contributed by atoms with van der Waals surface area (Å²) in [5, 5.41) is 19.4. The lowest BCUT2D eigenvalue weighted by Crippen LogP contribution is -2.49. The summed E-state index contributed by atoms with van der Waals surface area (Å²) in [6, 6.07) is 5.91. The summed E-state index contributed by atoms with van der Waals surface area (Å²) in [5.41, 5.74) is 6.91. The van der Waals surface area contributed by atoms with Crippen molar-refractivity contribution in [2.24, 2.45) is 29.4 Å². The average Bonchev–Trinajstić information content (AvgIpc) is 2.93. The number of aliphatic hydroxyl groups is 1. The Morgan fingerprint density at radius 2 is 1.59 bits per heavy atom. The molecule has 0 radical (unpaired) electrons. The van der Waals surface area contributed by atoms with E-state index in [2.05, 4.69) is 29.8 Å². The number of ether oxygens (including phenoxy) is 2. The van der Waals surface area contributed by atoms with Crippen LogP contribution in [0.25, 0.3) is 0 Å². The Balaban J connectivity index is 2.75. The quantitative estimate of drug-likeness (QED) is 0.149. The van der Waals surface area contributed by atoms with Gasteiger partial charge in [-0.2, -0.15) is 0 Å². The number of benzene rings is 1. The third kappa shape index (κ3) is 13.2. The third-order valence-electron chi connectivity index (χ3n) is 7.41. The molecule has 0 bridgehead atoms. The number of nitrogens with two attached hydrogens (primary N) is 1. The van der Waals surface area contributed by atoms with Gasteiger partial charge < -0.3 is 36.3 Å². The molecule has 1 aromatic rings. The maximum absolute atomic E-state index is 13.1. The first kappa shape index (κ1) is 36.3. The Morgan fingerprint density at radius 1 is 0.927 bits per heavy atom. The molecule has 5 unspecified atom stereocenters. The van der Waals surface area contributed by atoms with Crippen molar-refractivity contribution in [2.45, 2.75) is 85.4 Å². The van der Waals surface area contributed by atoms with Crippen LogP contribution in [0.15, 0.2) is 24.3 Å². The number of nitrogens with one attached hydrogen (secondary N) is 3. The monoisotopic (exact) mass is 578 g/mol. The molecule has 0 aliphatic heterocycles. The molecule has 0 saturated carbocycles. The molecule has 0 aliphatic rings. The minimum Gasteiger partial charge on any atom is -0.493 e. The minimum absolute atomic E-state index is 0.00909. The van der Waals surface area contributed by atoms with Crippen molar-refractivity contribution in [1.29, 1.82) is 0 Å². The highest BCUT2D eigenvalue weighted by Crippen LogP contribution is 2.24. The zero-order valence-corrected chi connectivity index (χ0v) is 26.1. The first-order valence-electron chi connectivity index (χ1n) is 14.9. The van der Waals surface area contributed by atoms with Gasteiger partial charge in [-0.3, -0.25) is 14.4 Å². The highest BCUT2D eigenvalue weighted by Gasteiger charge is 2.31. The molecule has 1 rings (SSSR count). The molecule has 10 nitrogen and oxygen atoms in total. The molecule has 0 aliphatic carbocycles. The van der Waals surface area contributed by atoms with Crippen molar-refractivity contribution in [1.82, 2.24) is 16.0 Å². The SMILES string of the molecule is CCNC(=O)C(C)NC(=O)C(CC(O)C(N)CC(CNC(=O)c1ccccc1OCCCCOC)C(C)C)C(C)C. The number of amides is 3. The fraction of sp³-hybridized carbons (Fsp3) is 0.710. The topological polar surface area (TPSA) is 152 Å². The van der Waals surface area contributed by atoms with Gasteiger partial charge in [-0.15, -0.1) is 0 Å². The van der Waals surface area contributed by atoms with E-state index in [1.807, 2.05) is 26.8 Å². The van der Waals surface area contributed by atoms with Crippen molar-refractivity contribution in [2.75, 3.05) is 33.4 Å². The van der Waals surface area contributed by atoms with Crippen LogP contribution < -0.4 is 26.4 Å². The first-order valence-corrected chi connectivity index (χ1v) is 14.9. The highest BCUT2D eigenvalue weighted by atomic mass is 16.5. The predicted molar refractivity (Wildman–Crippen MR) is 162 cm³/mol. The Kier molecular flexibility index (Phi) is 17.2. The maximum Gasteiger partial charge on any atom is 0.255 e. The van der Waals surface area contributed by atoms with Crippen LogP contribution in [0.5, 0.6) is 5.75 Å². The molecule has 10 heteroatoms. The molecule has 3 amide bonds. The summed E-state index contributed by atoms with van der Waals surface area (Å²) in [7, 11) is 1.67. The number of methoxy groups -OCH3 is 1. The van der Waals surface area contributed by atoms with E-state index in [-0.39, 0.29) is 41.9 Å². The second-order valence-corrected chi connectivity index (χ2v) is 11.4. The van der Waals surface area contributed by atoms with Gasteiger partial charge in [0.2, 0.25) is 11.8 Å². The van der Waals surface area contributed by atoms with Gasteiger partial charge in [0.15, 0.2) is 0 Å². The lowest BCUT2D eigenvalue weighted by molar-refractivity contribution is -0.132. The van der Waals surface area contributed by atoms with E-state index in [0.29, 0.717) is 44.0 Å². The normalized spacial score (nSPS) is 15.1. The molecule has 234 valence electrons. The summed E-state index contributed by atoms with van der Waals surface area (Å²) >= 11 is 0. The van der Waals surface area contributed by atoms with Crippen molar-refractivity contribution in [3.8, 4) is 5.75 Å². The molecule has 6 N–H and O–H groups in total. The van der Waals surface area contributed by atoms with E-state index < -0.39 is 24.1 Å². The van der Waals surface area contributed by atoms with Gasteiger partial charge in [-0.05, 0) is 69.4 Å². The van der Waals surface area contributed by atoms with Gasteiger partial charge in [-0.25, -0.2) is 0 Å². The molecule has 41 heavy (non-hydrogen) atoms. The zero-order valence-electron chi connectivity index (χ0n) is 26.1. The number of likely N-dealkylation sites (N-methyl/N-ethyl adjacent to an activating group) is 1. The summed E-state index contributed by atoms with van der Waals surface area (Å²) in [5.74, 6) is -0.573. The Labute approximate surface area is 246 Å².